The maximum atomic E-state index is 11.9. The third kappa shape index (κ3) is 3.17. The standard InChI is InChI=1S/C16H18ClN3O3/c1-9-14(8-23-9)19-15(21)7-18-12-5-10(16(2)3-4-16)11(17)6-13(12)20-22/h5-6,14,18H,1,3-4,7-8H2,2H3,(H,19,21). The Balaban J connectivity index is 1.69. The molecule has 0 spiro atoms. The average Bonchev–Trinajstić information content (AvgIpc) is 3.28. The highest BCUT2D eigenvalue weighted by molar-refractivity contribution is 6.32. The fourth-order valence-electron chi connectivity index (χ4n) is 2.53. The Morgan fingerprint density at radius 3 is 2.78 bits per heavy atom. The minimum absolute atomic E-state index is 0.0318. The largest absolute Gasteiger partial charge is 0.494 e. The molecule has 6 nitrogen and oxygen atoms in total. The number of nitroso groups, excluding NO2 is 1. The van der Waals surface area contributed by atoms with Crippen molar-refractivity contribution < 1.29 is 9.53 Å². The molecule has 2 N–H and O–H groups in total. The van der Waals surface area contributed by atoms with Crippen LogP contribution in [-0.4, -0.2) is 25.1 Å². The fourth-order valence-corrected chi connectivity index (χ4v) is 2.91. The highest BCUT2D eigenvalue weighted by Crippen LogP contribution is 2.51. The first-order chi connectivity index (χ1) is 10.9. The number of hydrogen-bond donors (Lipinski definition) is 2. The van der Waals surface area contributed by atoms with Crippen molar-refractivity contribution in [3.63, 3.8) is 0 Å². The van der Waals surface area contributed by atoms with E-state index in [9.17, 15) is 9.70 Å². The van der Waals surface area contributed by atoms with Crippen molar-refractivity contribution in [2.24, 2.45) is 5.18 Å². The summed E-state index contributed by atoms with van der Waals surface area (Å²) < 4.78 is 5.02. The molecule has 23 heavy (non-hydrogen) atoms. The van der Waals surface area contributed by atoms with Crippen LogP contribution in [0.3, 0.4) is 0 Å². The number of amides is 1. The number of ether oxygens (including phenoxy) is 1. The quantitative estimate of drug-likeness (QED) is 0.782. The molecule has 1 amide bonds. The van der Waals surface area contributed by atoms with Crippen LogP contribution in [0.15, 0.2) is 29.6 Å². The second-order valence-electron chi connectivity index (χ2n) is 6.25. The van der Waals surface area contributed by atoms with Gasteiger partial charge in [0.2, 0.25) is 5.91 Å². The second kappa shape index (κ2) is 5.85. The topological polar surface area (TPSA) is 79.8 Å². The molecular formula is C16H18ClN3O3. The normalized spacial score (nSPS) is 21.0. The summed E-state index contributed by atoms with van der Waals surface area (Å²) >= 11 is 6.25. The van der Waals surface area contributed by atoms with Gasteiger partial charge in [-0.1, -0.05) is 25.1 Å². The molecule has 1 saturated carbocycles. The van der Waals surface area contributed by atoms with E-state index in [0.29, 0.717) is 23.1 Å². The van der Waals surface area contributed by atoms with Crippen molar-refractivity contribution in [3.8, 4) is 0 Å². The molecule has 7 heteroatoms. The Morgan fingerprint density at radius 1 is 1.52 bits per heavy atom. The van der Waals surface area contributed by atoms with Gasteiger partial charge >= 0.3 is 0 Å². The summed E-state index contributed by atoms with van der Waals surface area (Å²) in [4.78, 5) is 22.9. The highest BCUT2D eigenvalue weighted by Gasteiger charge is 2.41. The molecule has 1 atom stereocenters. The van der Waals surface area contributed by atoms with Gasteiger partial charge in [0.1, 0.15) is 24.1 Å². The van der Waals surface area contributed by atoms with Gasteiger partial charge in [0.25, 0.3) is 0 Å². The van der Waals surface area contributed by atoms with Gasteiger partial charge in [-0.25, -0.2) is 0 Å². The number of carbonyl (C=O) groups excluding carboxylic acids is 1. The van der Waals surface area contributed by atoms with Crippen LogP contribution in [0, 0.1) is 4.91 Å². The summed E-state index contributed by atoms with van der Waals surface area (Å²) in [5.41, 5.74) is 1.76. The predicted octanol–water partition coefficient (Wildman–Crippen LogP) is 3.23. The van der Waals surface area contributed by atoms with Gasteiger partial charge in [-0.3, -0.25) is 4.79 Å². The van der Waals surface area contributed by atoms with E-state index in [1.54, 1.807) is 6.07 Å². The van der Waals surface area contributed by atoms with E-state index >= 15 is 0 Å². The third-order valence-electron chi connectivity index (χ3n) is 4.43. The van der Waals surface area contributed by atoms with E-state index in [0.717, 1.165) is 18.4 Å². The van der Waals surface area contributed by atoms with Gasteiger partial charge < -0.3 is 15.4 Å². The van der Waals surface area contributed by atoms with Gasteiger partial charge in [-0.05, 0) is 41.1 Å². The van der Waals surface area contributed by atoms with Crippen LogP contribution in [0.2, 0.25) is 5.02 Å². The zero-order chi connectivity index (χ0) is 16.6. The summed E-state index contributed by atoms with van der Waals surface area (Å²) in [6.45, 7) is 6.26. The summed E-state index contributed by atoms with van der Waals surface area (Å²) in [6, 6.07) is 3.24. The Morgan fingerprint density at radius 2 is 2.26 bits per heavy atom. The second-order valence-corrected chi connectivity index (χ2v) is 6.66. The molecule has 0 bridgehead atoms. The van der Waals surface area contributed by atoms with Crippen LogP contribution in [0.4, 0.5) is 11.4 Å². The van der Waals surface area contributed by atoms with Gasteiger partial charge in [-0.2, -0.15) is 0 Å². The summed E-state index contributed by atoms with van der Waals surface area (Å²) in [5.74, 6) is 0.356. The Kier molecular flexibility index (Phi) is 4.02. The van der Waals surface area contributed by atoms with Crippen LogP contribution in [-0.2, 0) is 14.9 Å². The molecule has 2 fully saturated rings. The molecule has 1 aliphatic carbocycles. The number of nitrogens with zero attached hydrogens (tertiary/aromatic N) is 1. The molecule has 1 aliphatic heterocycles. The van der Waals surface area contributed by atoms with Crippen molar-refractivity contribution in [2.75, 3.05) is 18.5 Å². The summed E-state index contributed by atoms with van der Waals surface area (Å²) in [5, 5.41) is 9.28. The number of benzene rings is 1. The lowest BCUT2D eigenvalue weighted by atomic mass is 9.97. The van der Waals surface area contributed by atoms with Crippen LogP contribution >= 0.6 is 11.6 Å². The maximum absolute atomic E-state index is 11.9. The van der Waals surface area contributed by atoms with Crippen molar-refractivity contribution in [3.05, 3.63) is 40.0 Å². The van der Waals surface area contributed by atoms with E-state index < -0.39 is 0 Å². The number of anilines is 1. The molecule has 2 aliphatic rings. The third-order valence-corrected chi connectivity index (χ3v) is 4.75. The van der Waals surface area contributed by atoms with E-state index in [1.165, 1.54) is 0 Å². The lowest BCUT2D eigenvalue weighted by Gasteiger charge is -2.30. The fraction of sp³-hybridized carbons (Fsp3) is 0.438. The van der Waals surface area contributed by atoms with Gasteiger partial charge in [0.15, 0.2) is 0 Å². The van der Waals surface area contributed by atoms with E-state index in [4.69, 9.17) is 16.3 Å². The minimum atomic E-state index is -0.203. The zero-order valence-corrected chi connectivity index (χ0v) is 13.6. The van der Waals surface area contributed by atoms with E-state index in [-0.39, 0.29) is 29.6 Å². The molecule has 0 radical (unpaired) electrons. The monoisotopic (exact) mass is 335 g/mol. The first kappa shape index (κ1) is 15.8. The smallest absolute Gasteiger partial charge is 0.240 e. The van der Waals surface area contributed by atoms with E-state index in [1.807, 2.05) is 6.07 Å². The maximum Gasteiger partial charge on any atom is 0.240 e. The number of rotatable bonds is 6. The summed E-state index contributed by atoms with van der Waals surface area (Å²) in [7, 11) is 0. The Labute approximate surface area is 139 Å². The molecule has 1 heterocycles. The molecule has 1 aromatic carbocycles. The van der Waals surface area contributed by atoms with Crippen molar-refractivity contribution >= 4 is 28.9 Å². The molecule has 122 valence electrons. The highest BCUT2D eigenvalue weighted by atomic mass is 35.5. The Bertz CT molecular complexity index is 685. The summed E-state index contributed by atoms with van der Waals surface area (Å²) in [6.07, 6.45) is 2.12. The Hall–Kier alpha value is -2.08. The number of nitrogens with one attached hydrogen (secondary N) is 2. The lowest BCUT2D eigenvalue weighted by molar-refractivity contribution is -0.121. The molecular weight excluding hydrogens is 318 g/mol. The van der Waals surface area contributed by atoms with Gasteiger partial charge in [-0.15, -0.1) is 4.91 Å². The van der Waals surface area contributed by atoms with Crippen molar-refractivity contribution in [2.45, 2.75) is 31.2 Å². The molecule has 1 unspecified atom stereocenters. The van der Waals surface area contributed by atoms with Crippen molar-refractivity contribution in [1.29, 1.82) is 0 Å². The van der Waals surface area contributed by atoms with Crippen LogP contribution in [0.5, 0.6) is 0 Å². The van der Waals surface area contributed by atoms with Crippen LogP contribution < -0.4 is 10.6 Å². The minimum Gasteiger partial charge on any atom is -0.494 e. The number of hydrogen-bond acceptors (Lipinski definition) is 5. The van der Waals surface area contributed by atoms with Crippen molar-refractivity contribution in [1.82, 2.24) is 5.32 Å². The number of carbonyl (C=O) groups is 1. The molecule has 1 aromatic rings. The van der Waals surface area contributed by atoms with Crippen LogP contribution in [0.1, 0.15) is 25.3 Å². The molecule has 3 rings (SSSR count). The van der Waals surface area contributed by atoms with Gasteiger partial charge in [0, 0.05) is 5.02 Å². The predicted molar refractivity (Wildman–Crippen MR) is 89.0 cm³/mol. The first-order valence-electron chi connectivity index (χ1n) is 7.45. The average molecular weight is 336 g/mol. The molecule has 1 saturated heterocycles. The number of halogens is 1. The molecule has 0 aromatic heterocycles. The van der Waals surface area contributed by atoms with Crippen LogP contribution in [0.25, 0.3) is 0 Å². The first-order valence-corrected chi connectivity index (χ1v) is 7.83. The zero-order valence-electron chi connectivity index (χ0n) is 12.8. The van der Waals surface area contributed by atoms with Gasteiger partial charge in [0.05, 0.1) is 12.2 Å². The van der Waals surface area contributed by atoms with E-state index in [2.05, 4.69) is 29.3 Å². The lowest BCUT2D eigenvalue weighted by Crippen LogP contribution is -2.48. The SMILES string of the molecule is C=C1OCC1NC(=O)CNc1cc(C2(C)CC2)c(Cl)cc1N=O.